The van der Waals surface area contributed by atoms with Crippen molar-refractivity contribution in [2.75, 3.05) is 0 Å². The molecule has 2 nitrogen and oxygen atoms in total. The molecular formula is C13H7Br2FO2. The van der Waals surface area contributed by atoms with E-state index in [1.807, 2.05) is 0 Å². The van der Waals surface area contributed by atoms with E-state index in [0.717, 1.165) is 6.29 Å². The Morgan fingerprint density at radius 3 is 2.44 bits per heavy atom. The first kappa shape index (κ1) is 13.2. The van der Waals surface area contributed by atoms with Gasteiger partial charge in [-0.1, -0.05) is 0 Å². The molecule has 2 aromatic rings. The highest BCUT2D eigenvalue weighted by Gasteiger charge is 2.06. The second kappa shape index (κ2) is 5.63. The molecule has 2 rings (SSSR count). The first-order chi connectivity index (χ1) is 8.60. The predicted octanol–water partition coefficient (Wildman–Crippen LogP) is 4.96. The van der Waals surface area contributed by atoms with Gasteiger partial charge in [0.2, 0.25) is 0 Å². The molecule has 0 fully saturated rings. The Hall–Kier alpha value is -1.20. The van der Waals surface area contributed by atoms with Gasteiger partial charge in [-0.15, -0.1) is 0 Å². The number of carbonyl (C=O) groups excluding carboxylic acids is 1. The summed E-state index contributed by atoms with van der Waals surface area (Å²) in [6, 6.07) is 9.35. The van der Waals surface area contributed by atoms with Gasteiger partial charge >= 0.3 is 0 Å². The number of rotatable bonds is 3. The van der Waals surface area contributed by atoms with Crippen LogP contribution < -0.4 is 4.74 Å². The lowest BCUT2D eigenvalue weighted by Gasteiger charge is -2.08. The Balaban J connectivity index is 2.28. The lowest BCUT2D eigenvalue weighted by Crippen LogP contribution is -1.88. The van der Waals surface area contributed by atoms with Crippen molar-refractivity contribution in [1.82, 2.24) is 0 Å². The van der Waals surface area contributed by atoms with Crippen LogP contribution in [0.1, 0.15) is 10.4 Å². The fraction of sp³-hybridized carbons (Fsp3) is 0. The maximum absolute atomic E-state index is 13.1. The largest absolute Gasteiger partial charge is 0.456 e. The Kier molecular flexibility index (Phi) is 4.14. The quantitative estimate of drug-likeness (QED) is 0.711. The molecule has 0 saturated carbocycles. The number of benzene rings is 2. The molecule has 92 valence electrons. The van der Waals surface area contributed by atoms with Crippen molar-refractivity contribution in [3.8, 4) is 11.5 Å². The SMILES string of the molecule is O=Cc1ccc(Oc2ccc(F)c(Br)c2)c(Br)c1. The monoisotopic (exact) mass is 372 g/mol. The van der Waals surface area contributed by atoms with E-state index in [1.54, 1.807) is 18.2 Å². The zero-order valence-corrected chi connectivity index (χ0v) is 12.2. The molecule has 0 aliphatic rings. The van der Waals surface area contributed by atoms with Gasteiger partial charge in [0.15, 0.2) is 0 Å². The van der Waals surface area contributed by atoms with E-state index in [2.05, 4.69) is 31.9 Å². The molecule has 0 aliphatic carbocycles. The van der Waals surface area contributed by atoms with E-state index in [1.165, 1.54) is 18.2 Å². The molecule has 0 aliphatic heterocycles. The fourth-order valence-electron chi connectivity index (χ4n) is 1.34. The molecule has 0 unspecified atom stereocenters. The predicted molar refractivity (Wildman–Crippen MR) is 73.7 cm³/mol. The Bertz CT molecular complexity index is 600. The molecule has 0 saturated heterocycles. The second-order valence-electron chi connectivity index (χ2n) is 3.49. The smallest absolute Gasteiger partial charge is 0.150 e. The first-order valence-corrected chi connectivity index (χ1v) is 6.56. The minimum absolute atomic E-state index is 0.334. The molecule has 0 N–H and O–H groups in total. The summed E-state index contributed by atoms with van der Waals surface area (Å²) in [7, 11) is 0. The molecule has 0 bridgehead atoms. The van der Waals surface area contributed by atoms with Crippen molar-refractivity contribution in [2.45, 2.75) is 0 Å². The fourth-order valence-corrected chi connectivity index (χ4v) is 2.18. The lowest BCUT2D eigenvalue weighted by molar-refractivity contribution is 0.112. The van der Waals surface area contributed by atoms with E-state index in [4.69, 9.17) is 4.74 Å². The van der Waals surface area contributed by atoms with E-state index in [9.17, 15) is 9.18 Å². The average molecular weight is 374 g/mol. The van der Waals surface area contributed by atoms with Crippen molar-refractivity contribution in [1.29, 1.82) is 0 Å². The second-order valence-corrected chi connectivity index (χ2v) is 5.19. The average Bonchev–Trinajstić information content (AvgIpc) is 2.36. The molecule has 18 heavy (non-hydrogen) atoms. The van der Waals surface area contributed by atoms with Crippen molar-refractivity contribution in [3.63, 3.8) is 0 Å². The summed E-state index contributed by atoms with van der Waals surface area (Å²) in [6.07, 6.45) is 0.753. The summed E-state index contributed by atoms with van der Waals surface area (Å²) in [5.41, 5.74) is 0.550. The number of hydrogen-bond donors (Lipinski definition) is 0. The van der Waals surface area contributed by atoms with Crippen molar-refractivity contribution < 1.29 is 13.9 Å². The highest BCUT2D eigenvalue weighted by Crippen LogP contribution is 2.31. The normalized spacial score (nSPS) is 10.2. The maximum Gasteiger partial charge on any atom is 0.150 e. The van der Waals surface area contributed by atoms with Gasteiger partial charge in [0.05, 0.1) is 8.95 Å². The van der Waals surface area contributed by atoms with E-state index >= 15 is 0 Å². The van der Waals surface area contributed by atoms with Crippen LogP contribution in [-0.2, 0) is 0 Å². The van der Waals surface area contributed by atoms with Crippen LogP contribution in [0.4, 0.5) is 4.39 Å². The molecule has 0 amide bonds. The number of carbonyl (C=O) groups is 1. The van der Waals surface area contributed by atoms with Crippen LogP contribution in [0.5, 0.6) is 11.5 Å². The number of hydrogen-bond acceptors (Lipinski definition) is 2. The molecule has 0 aromatic heterocycles. The summed E-state index contributed by atoms with van der Waals surface area (Å²) in [5.74, 6) is 0.708. The summed E-state index contributed by atoms with van der Waals surface area (Å²) >= 11 is 6.40. The minimum Gasteiger partial charge on any atom is -0.456 e. The third kappa shape index (κ3) is 2.97. The van der Waals surface area contributed by atoms with Gasteiger partial charge in [-0.05, 0) is 68.3 Å². The van der Waals surface area contributed by atoms with Gasteiger partial charge in [-0.25, -0.2) is 4.39 Å². The molecule has 0 spiro atoms. The first-order valence-electron chi connectivity index (χ1n) is 4.98. The molecule has 0 atom stereocenters. The molecule has 2 aromatic carbocycles. The van der Waals surface area contributed by atoms with Crippen LogP contribution in [0.3, 0.4) is 0 Å². The van der Waals surface area contributed by atoms with Crippen LogP contribution >= 0.6 is 31.9 Å². The van der Waals surface area contributed by atoms with Crippen LogP contribution in [-0.4, -0.2) is 6.29 Å². The van der Waals surface area contributed by atoms with E-state index in [-0.39, 0.29) is 5.82 Å². The summed E-state index contributed by atoms with van der Waals surface area (Å²) in [5, 5.41) is 0. The Labute approximate surface area is 120 Å². The standard InChI is InChI=1S/C13H7Br2FO2/c14-10-6-9(2-3-12(10)16)18-13-4-1-8(7-17)5-11(13)15/h1-7H. The maximum atomic E-state index is 13.1. The van der Waals surface area contributed by atoms with Gasteiger partial charge in [0.1, 0.15) is 23.6 Å². The van der Waals surface area contributed by atoms with Crippen LogP contribution in [0.15, 0.2) is 45.3 Å². The van der Waals surface area contributed by atoms with E-state index < -0.39 is 0 Å². The van der Waals surface area contributed by atoms with Crippen LogP contribution in [0.2, 0.25) is 0 Å². The zero-order valence-electron chi connectivity index (χ0n) is 8.99. The van der Waals surface area contributed by atoms with Crippen molar-refractivity contribution in [3.05, 3.63) is 56.7 Å². The number of aldehydes is 1. The third-order valence-corrected chi connectivity index (χ3v) is 3.44. The highest BCUT2D eigenvalue weighted by molar-refractivity contribution is 9.10. The Morgan fingerprint density at radius 1 is 1.06 bits per heavy atom. The minimum atomic E-state index is -0.349. The highest BCUT2D eigenvalue weighted by atomic mass is 79.9. The van der Waals surface area contributed by atoms with Gasteiger partial charge in [0.25, 0.3) is 0 Å². The summed E-state index contributed by atoms with van der Waals surface area (Å²) in [6.45, 7) is 0. The zero-order chi connectivity index (χ0) is 13.1. The van der Waals surface area contributed by atoms with Crippen molar-refractivity contribution in [2.24, 2.45) is 0 Å². The Morgan fingerprint density at radius 2 is 1.83 bits per heavy atom. The van der Waals surface area contributed by atoms with Crippen LogP contribution in [0, 0.1) is 5.82 Å². The van der Waals surface area contributed by atoms with E-state index in [0.29, 0.717) is 26.0 Å². The van der Waals surface area contributed by atoms with Gasteiger partial charge in [-0.3, -0.25) is 4.79 Å². The molecule has 0 heterocycles. The van der Waals surface area contributed by atoms with Crippen molar-refractivity contribution >= 4 is 38.1 Å². The lowest BCUT2D eigenvalue weighted by atomic mass is 10.2. The molecular weight excluding hydrogens is 367 g/mol. The van der Waals surface area contributed by atoms with Gasteiger partial charge < -0.3 is 4.74 Å². The third-order valence-electron chi connectivity index (χ3n) is 2.21. The molecule has 0 radical (unpaired) electrons. The number of halogens is 3. The number of ether oxygens (including phenoxy) is 1. The summed E-state index contributed by atoms with van der Waals surface area (Å²) < 4.78 is 19.6. The van der Waals surface area contributed by atoms with Crippen LogP contribution in [0.25, 0.3) is 0 Å². The summed E-state index contributed by atoms with van der Waals surface area (Å²) in [4.78, 5) is 10.6. The van der Waals surface area contributed by atoms with Gasteiger partial charge in [0, 0.05) is 5.56 Å². The molecule has 5 heteroatoms. The topological polar surface area (TPSA) is 26.3 Å². The van der Waals surface area contributed by atoms with Gasteiger partial charge in [-0.2, -0.15) is 0 Å².